The van der Waals surface area contributed by atoms with Gasteiger partial charge in [0.1, 0.15) is 42.1 Å². The van der Waals surface area contributed by atoms with E-state index in [0.29, 0.717) is 82.4 Å². The fourth-order valence-electron chi connectivity index (χ4n) is 7.04. The molecule has 18 heteroatoms. The first-order valence-electron chi connectivity index (χ1n) is 20.4. The van der Waals surface area contributed by atoms with E-state index in [1.807, 2.05) is 26.8 Å². The maximum absolute atomic E-state index is 14.5. The van der Waals surface area contributed by atoms with Crippen molar-refractivity contribution in [3.63, 3.8) is 0 Å². The molecule has 4 heterocycles. The van der Waals surface area contributed by atoms with Crippen LogP contribution in [0.5, 0.6) is 23.0 Å². The molecule has 8 rings (SSSR count). The van der Waals surface area contributed by atoms with Gasteiger partial charge in [0.05, 0.1) is 46.7 Å². The highest BCUT2D eigenvalue weighted by atomic mass is 35.5. The fourth-order valence-corrected chi connectivity index (χ4v) is 7.39. The highest BCUT2D eigenvalue weighted by molar-refractivity contribution is 6.31. The number of piperidine rings is 2. The molecule has 14 nitrogen and oxygen atoms in total. The Kier molecular flexibility index (Phi) is 14.3. The Morgan fingerprint density at radius 2 is 1.16 bits per heavy atom. The molecule has 0 spiro atoms. The smallest absolute Gasteiger partial charge is 0.410 e. The third kappa shape index (κ3) is 11.2. The highest BCUT2D eigenvalue weighted by Gasteiger charge is 2.29. The molecule has 332 valence electrons. The minimum Gasteiger partial charge on any atom is -0.493 e. The first kappa shape index (κ1) is 45.1. The number of amides is 1. The molecule has 0 unspecified atom stereocenters. The summed E-state index contributed by atoms with van der Waals surface area (Å²) in [6.07, 6.45) is 5.61. The van der Waals surface area contributed by atoms with Gasteiger partial charge in [-0.3, -0.25) is 0 Å². The van der Waals surface area contributed by atoms with Crippen LogP contribution in [-0.2, 0) is 4.74 Å². The van der Waals surface area contributed by atoms with E-state index in [1.54, 1.807) is 61.6 Å². The van der Waals surface area contributed by atoms with Gasteiger partial charge < -0.3 is 44.5 Å². The molecule has 0 atom stereocenters. The summed E-state index contributed by atoms with van der Waals surface area (Å²) in [6.45, 7) is 8.44. The SMILES string of the molecule is COc1cc2ncnc(Nc3cccc(Cl)c3F)c2cc1OC1CCN(C(=O)OC(C)(C)C)CC1.COc1cc2ncnc(Nc3cccc(Cl)c3F)c2cc1OC1CCNCC1. The Balaban J connectivity index is 0.000000193. The van der Waals surface area contributed by atoms with Gasteiger partial charge in [0, 0.05) is 48.8 Å². The number of nitrogens with one attached hydrogen (secondary N) is 3. The van der Waals surface area contributed by atoms with E-state index in [-0.39, 0.29) is 39.7 Å². The predicted molar refractivity (Wildman–Crippen MR) is 240 cm³/mol. The number of aromatic nitrogens is 4. The van der Waals surface area contributed by atoms with Gasteiger partial charge in [0.15, 0.2) is 34.6 Å². The van der Waals surface area contributed by atoms with E-state index >= 15 is 0 Å². The second kappa shape index (κ2) is 20.0. The van der Waals surface area contributed by atoms with Gasteiger partial charge in [-0.25, -0.2) is 33.5 Å². The van der Waals surface area contributed by atoms with Crippen LogP contribution in [0.1, 0.15) is 46.5 Å². The maximum Gasteiger partial charge on any atom is 0.410 e. The number of benzene rings is 4. The number of hydrogen-bond acceptors (Lipinski definition) is 13. The summed E-state index contributed by atoms with van der Waals surface area (Å²) in [5.74, 6) is 2.02. The molecule has 0 saturated carbocycles. The fraction of sp³-hybridized carbons (Fsp3) is 0.356. The minimum absolute atomic E-state index is 0.0109. The molecular formula is C45H48Cl2F2N8O6. The number of carbonyl (C=O) groups is 1. The molecule has 0 aliphatic carbocycles. The van der Waals surface area contributed by atoms with Crippen LogP contribution in [0.15, 0.2) is 73.3 Å². The zero-order chi connectivity index (χ0) is 44.7. The summed E-state index contributed by atoms with van der Waals surface area (Å²) in [4.78, 5) is 31.2. The van der Waals surface area contributed by atoms with Crippen molar-refractivity contribution in [2.45, 2.75) is 64.3 Å². The molecule has 4 aromatic carbocycles. The van der Waals surface area contributed by atoms with Crippen LogP contribution in [0, 0.1) is 11.6 Å². The quantitative estimate of drug-likeness (QED) is 0.120. The molecule has 3 N–H and O–H groups in total. The summed E-state index contributed by atoms with van der Waals surface area (Å²) < 4.78 is 57.7. The van der Waals surface area contributed by atoms with Crippen LogP contribution in [0.3, 0.4) is 0 Å². The van der Waals surface area contributed by atoms with Crippen molar-refractivity contribution in [3.05, 3.63) is 95.0 Å². The van der Waals surface area contributed by atoms with E-state index in [2.05, 4.69) is 35.9 Å². The number of rotatable bonds is 10. The molecule has 2 aliphatic rings. The summed E-state index contributed by atoms with van der Waals surface area (Å²) in [6, 6.07) is 16.6. The Hall–Kier alpha value is -5.97. The van der Waals surface area contributed by atoms with Gasteiger partial charge in [-0.1, -0.05) is 35.3 Å². The number of methoxy groups -OCH3 is 2. The third-order valence-electron chi connectivity index (χ3n) is 10.2. The van der Waals surface area contributed by atoms with E-state index < -0.39 is 17.2 Å². The monoisotopic (exact) mass is 904 g/mol. The van der Waals surface area contributed by atoms with Gasteiger partial charge >= 0.3 is 6.09 Å². The molecular weight excluding hydrogens is 857 g/mol. The number of likely N-dealkylation sites (tertiary alicyclic amines) is 1. The average molecular weight is 906 g/mol. The molecule has 63 heavy (non-hydrogen) atoms. The van der Waals surface area contributed by atoms with Crippen molar-refractivity contribution in [1.29, 1.82) is 0 Å². The number of halogens is 4. The molecule has 2 aromatic heterocycles. The Labute approximate surface area is 373 Å². The normalized spacial score (nSPS) is 14.7. The van der Waals surface area contributed by atoms with Gasteiger partial charge in [0.2, 0.25) is 0 Å². The van der Waals surface area contributed by atoms with Gasteiger partial charge in [-0.15, -0.1) is 0 Å². The lowest BCUT2D eigenvalue weighted by Crippen LogP contribution is -2.44. The molecule has 0 bridgehead atoms. The van der Waals surface area contributed by atoms with Crippen LogP contribution < -0.4 is 34.9 Å². The molecule has 2 aliphatic heterocycles. The van der Waals surface area contributed by atoms with Crippen molar-refractivity contribution in [2.75, 3.05) is 51.0 Å². The number of ether oxygens (including phenoxy) is 5. The summed E-state index contributed by atoms with van der Waals surface area (Å²) >= 11 is 11.8. The number of hydrogen-bond donors (Lipinski definition) is 3. The summed E-state index contributed by atoms with van der Waals surface area (Å²) in [5, 5.41) is 10.7. The standard InChI is InChI=1S/C25H28ClFN4O4.C20H20ClFN4O2/c1-25(2,3)35-24(32)31-10-8-15(9-11-31)34-21-12-16-19(13-20(21)33-4)28-14-29-23(16)30-18-7-5-6-17(26)22(18)27;1-27-17-10-16-13(9-18(17)28-12-5-7-23-8-6-12)20(25-11-24-16)26-15-4-2-3-14(21)19(15)22/h5-7,12-15H,8-11H2,1-4H3,(H,28,29,30);2-4,9-12,23H,5-8H2,1H3,(H,24,25,26). The van der Waals surface area contributed by atoms with Crippen molar-refractivity contribution >= 4 is 74.1 Å². The third-order valence-corrected chi connectivity index (χ3v) is 10.8. The second-order valence-electron chi connectivity index (χ2n) is 15.8. The van der Waals surface area contributed by atoms with E-state index in [1.165, 1.54) is 24.8 Å². The largest absolute Gasteiger partial charge is 0.493 e. The van der Waals surface area contributed by atoms with E-state index in [4.69, 9.17) is 46.9 Å². The average Bonchev–Trinajstić information content (AvgIpc) is 3.27. The zero-order valence-corrected chi connectivity index (χ0v) is 36.9. The van der Waals surface area contributed by atoms with Crippen molar-refractivity contribution < 1.29 is 37.3 Å². The summed E-state index contributed by atoms with van der Waals surface area (Å²) in [5.41, 5.74) is 1.17. The lowest BCUT2D eigenvalue weighted by atomic mass is 10.1. The van der Waals surface area contributed by atoms with Crippen LogP contribution in [0.4, 0.5) is 36.6 Å². The zero-order valence-electron chi connectivity index (χ0n) is 35.4. The lowest BCUT2D eigenvalue weighted by molar-refractivity contribution is 0.0124. The van der Waals surface area contributed by atoms with Crippen molar-refractivity contribution in [1.82, 2.24) is 30.2 Å². The Bertz CT molecular complexity index is 2570. The Morgan fingerprint density at radius 3 is 1.60 bits per heavy atom. The topological polar surface area (TPSA) is 154 Å². The first-order chi connectivity index (χ1) is 30.3. The summed E-state index contributed by atoms with van der Waals surface area (Å²) in [7, 11) is 3.15. The molecule has 0 radical (unpaired) electrons. The van der Waals surface area contributed by atoms with Crippen LogP contribution in [-0.4, -0.2) is 89.1 Å². The molecule has 6 aromatic rings. The van der Waals surface area contributed by atoms with Crippen molar-refractivity contribution in [2.24, 2.45) is 0 Å². The van der Waals surface area contributed by atoms with Crippen LogP contribution in [0.25, 0.3) is 21.8 Å². The van der Waals surface area contributed by atoms with Crippen LogP contribution >= 0.6 is 23.2 Å². The van der Waals surface area contributed by atoms with E-state index in [9.17, 15) is 13.6 Å². The minimum atomic E-state index is -0.567. The van der Waals surface area contributed by atoms with Gasteiger partial charge in [0.25, 0.3) is 0 Å². The molecule has 2 fully saturated rings. The number of nitrogens with zero attached hydrogens (tertiary/aromatic N) is 5. The lowest BCUT2D eigenvalue weighted by Gasteiger charge is -2.33. The molecule has 1 amide bonds. The van der Waals surface area contributed by atoms with E-state index in [0.717, 1.165) is 25.9 Å². The Morgan fingerprint density at radius 1 is 0.698 bits per heavy atom. The first-order valence-corrected chi connectivity index (χ1v) is 21.1. The maximum atomic E-state index is 14.5. The highest BCUT2D eigenvalue weighted by Crippen LogP contribution is 2.38. The van der Waals surface area contributed by atoms with Crippen LogP contribution in [0.2, 0.25) is 10.0 Å². The number of fused-ring (bicyclic) bond motifs is 2. The number of carbonyl (C=O) groups excluding carboxylic acids is 1. The predicted octanol–water partition coefficient (Wildman–Crippen LogP) is 10.3. The van der Waals surface area contributed by atoms with Crippen molar-refractivity contribution in [3.8, 4) is 23.0 Å². The number of anilines is 4. The van der Waals surface area contributed by atoms with Gasteiger partial charge in [-0.05, 0) is 83.1 Å². The second-order valence-corrected chi connectivity index (χ2v) is 16.6. The molecule has 2 saturated heterocycles. The van der Waals surface area contributed by atoms with Gasteiger partial charge in [-0.2, -0.15) is 0 Å².